The van der Waals surface area contributed by atoms with Crippen molar-refractivity contribution in [3.8, 4) is 0 Å². The standard InChI is InChI=1S/C29H32FN5O3/c1-3-23(36)15-20-10-13-33(14-11-20)29(38)26-24-18-34(28(37)25-5-4-12-31-25)16-19(2)27(24)35(32-26)17-21-6-8-22(30)9-7-21/h3-9,12,19-20,31H,1,10-11,13-18H2,2H3/t19-/m1/s1. The van der Waals surface area contributed by atoms with E-state index in [1.807, 2.05) is 11.6 Å². The number of benzene rings is 1. The fourth-order valence-electron chi connectivity index (χ4n) is 5.59. The van der Waals surface area contributed by atoms with E-state index >= 15 is 0 Å². The van der Waals surface area contributed by atoms with Crippen LogP contribution in [-0.4, -0.2) is 61.8 Å². The van der Waals surface area contributed by atoms with Crippen molar-refractivity contribution in [2.24, 2.45) is 5.92 Å². The number of likely N-dealkylation sites (tertiary alicyclic amines) is 1. The third kappa shape index (κ3) is 5.18. The number of hydrogen-bond donors (Lipinski definition) is 1. The Balaban J connectivity index is 1.43. The molecule has 8 nitrogen and oxygen atoms in total. The summed E-state index contributed by atoms with van der Waals surface area (Å²) >= 11 is 0. The van der Waals surface area contributed by atoms with Crippen LogP contribution in [0.3, 0.4) is 0 Å². The van der Waals surface area contributed by atoms with Gasteiger partial charge in [0, 0.05) is 49.4 Å². The summed E-state index contributed by atoms with van der Waals surface area (Å²) in [5, 5.41) is 4.79. The van der Waals surface area contributed by atoms with Gasteiger partial charge in [-0.2, -0.15) is 5.10 Å². The molecule has 2 aliphatic rings. The zero-order valence-corrected chi connectivity index (χ0v) is 21.5. The van der Waals surface area contributed by atoms with Crippen molar-refractivity contribution in [1.29, 1.82) is 0 Å². The molecule has 1 fully saturated rings. The molecule has 1 saturated heterocycles. The predicted octanol–water partition coefficient (Wildman–Crippen LogP) is 4.16. The molecule has 5 rings (SSSR count). The number of carbonyl (C=O) groups is 3. The molecule has 0 aliphatic carbocycles. The van der Waals surface area contributed by atoms with Crippen LogP contribution in [0.25, 0.3) is 0 Å². The van der Waals surface area contributed by atoms with Crippen LogP contribution in [0, 0.1) is 11.7 Å². The maximum absolute atomic E-state index is 13.8. The fourth-order valence-corrected chi connectivity index (χ4v) is 5.59. The summed E-state index contributed by atoms with van der Waals surface area (Å²) in [6.45, 7) is 7.87. The quantitative estimate of drug-likeness (QED) is 0.477. The Labute approximate surface area is 221 Å². The van der Waals surface area contributed by atoms with Crippen LogP contribution in [0.1, 0.15) is 69.9 Å². The van der Waals surface area contributed by atoms with Crippen LogP contribution < -0.4 is 0 Å². The summed E-state index contributed by atoms with van der Waals surface area (Å²) in [6.07, 6.45) is 5.03. The van der Waals surface area contributed by atoms with Crippen molar-refractivity contribution in [1.82, 2.24) is 24.6 Å². The molecule has 2 aliphatic heterocycles. The van der Waals surface area contributed by atoms with Crippen molar-refractivity contribution in [3.63, 3.8) is 0 Å². The lowest BCUT2D eigenvalue weighted by Crippen LogP contribution is -2.41. The number of piperidine rings is 1. The van der Waals surface area contributed by atoms with E-state index in [0.717, 1.165) is 29.7 Å². The van der Waals surface area contributed by atoms with Gasteiger partial charge >= 0.3 is 0 Å². The first kappa shape index (κ1) is 25.6. The first-order chi connectivity index (χ1) is 18.3. The second-order valence-corrected chi connectivity index (χ2v) is 10.3. The molecule has 1 N–H and O–H groups in total. The predicted molar refractivity (Wildman–Crippen MR) is 140 cm³/mol. The Hall–Kier alpha value is -4.01. The Kier molecular flexibility index (Phi) is 7.26. The normalized spacial score (nSPS) is 17.8. The third-order valence-corrected chi connectivity index (χ3v) is 7.59. The van der Waals surface area contributed by atoms with Crippen molar-refractivity contribution in [2.75, 3.05) is 19.6 Å². The number of H-pyrrole nitrogens is 1. The number of ketones is 1. The van der Waals surface area contributed by atoms with Crippen LogP contribution in [0.15, 0.2) is 55.3 Å². The Morgan fingerprint density at radius 1 is 1.11 bits per heavy atom. The van der Waals surface area contributed by atoms with E-state index in [1.54, 1.807) is 40.3 Å². The largest absolute Gasteiger partial charge is 0.357 e. The van der Waals surface area contributed by atoms with E-state index < -0.39 is 0 Å². The van der Waals surface area contributed by atoms with Gasteiger partial charge in [0.05, 0.1) is 13.1 Å². The lowest BCUT2D eigenvalue weighted by atomic mass is 9.91. The highest BCUT2D eigenvalue weighted by molar-refractivity contribution is 5.96. The molecule has 3 aromatic rings. The van der Waals surface area contributed by atoms with Gasteiger partial charge in [-0.1, -0.05) is 25.6 Å². The molecule has 0 spiro atoms. The average Bonchev–Trinajstić information content (AvgIpc) is 3.58. The summed E-state index contributed by atoms with van der Waals surface area (Å²) in [5.41, 5.74) is 3.43. The number of hydrogen-bond acceptors (Lipinski definition) is 4. The van der Waals surface area contributed by atoms with E-state index in [2.05, 4.69) is 11.6 Å². The lowest BCUT2D eigenvalue weighted by Gasteiger charge is -2.33. The summed E-state index contributed by atoms with van der Waals surface area (Å²) in [4.78, 5) is 45.3. The maximum Gasteiger partial charge on any atom is 0.274 e. The Bertz CT molecular complexity index is 1340. The second-order valence-electron chi connectivity index (χ2n) is 10.3. The highest BCUT2D eigenvalue weighted by Gasteiger charge is 2.36. The molecule has 9 heteroatoms. The summed E-state index contributed by atoms with van der Waals surface area (Å²) in [6, 6.07) is 9.79. The zero-order valence-electron chi connectivity index (χ0n) is 21.5. The van der Waals surface area contributed by atoms with Crippen LogP contribution in [0.2, 0.25) is 0 Å². The van der Waals surface area contributed by atoms with Crippen LogP contribution in [0.4, 0.5) is 4.39 Å². The molecule has 1 atom stereocenters. The molecular weight excluding hydrogens is 485 g/mol. The number of amides is 2. The van der Waals surface area contributed by atoms with Crippen LogP contribution in [-0.2, 0) is 17.9 Å². The average molecular weight is 518 g/mol. The molecular formula is C29H32FN5O3. The highest BCUT2D eigenvalue weighted by atomic mass is 19.1. The smallest absolute Gasteiger partial charge is 0.274 e. The van der Waals surface area contributed by atoms with Crippen molar-refractivity contribution < 1.29 is 18.8 Å². The number of nitrogens with zero attached hydrogens (tertiary/aromatic N) is 4. The molecule has 4 heterocycles. The van der Waals surface area contributed by atoms with E-state index in [4.69, 9.17) is 5.10 Å². The number of carbonyl (C=O) groups excluding carboxylic acids is 3. The number of fused-ring (bicyclic) bond motifs is 1. The summed E-state index contributed by atoms with van der Waals surface area (Å²) < 4.78 is 15.3. The van der Waals surface area contributed by atoms with Gasteiger partial charge in [-0.3, -0.25) is 19.1 Å². The van der Waals surface area contributed by atoms with E-state index in [9.17, 15) is 18.8 Å². The fraction of sp³-hybridized carbons (Fsp3) is 0.379. The molecule has 198 valence electrons. The minimum absolute atomic E-state index is 0.0317. The highest BCUT2D eigenvalue weighted by Crippen LogP contribution is 2.33. The van der Waals surface area contributed by atoms with Gasteiger partial charge in [-0.05, 0) is 54.7 Å². The first-order valence-electron chi connectivity index (χ1n) is 13.0. The van der Waals surface area contributed by atoms with Crippen molar-refractivity contribution in [2.45, 2.75) is 45.2 Å². The molecule has 0 saturated carbocycles. The number of halogens is 1. The van der Waals surface area contributed by atoms with Gasteiger partial charge in [0.15, 0.2) is 11.5 Å². The van der Waals surface area contributed by atoms with Gasteiger partial charge in [0.2, 0.25) is 0 Å². The van der Waals surface area contributed by atoms with Gasteiger partial charge in [0.1, 0.15) is 11.5 Å². The van der Waals surface area contributed by atoms with Gasteiger partial charge in [0.25, 0.3) is 11.8 Å². The van der Waals surface area contributed by atoms with E-state index in [1.165, 1.54) is 18.2 Å². The molecule has 0 bridgehead atoms. The SMILES string of the molecule is C=CC(=O)CC1CCN(C(=O)c2nn(Cc3ccc(F)cc3)c3c2CN(C(=O)c2ccc[nH]2)C[C@H]3C)CC1. The number of aromatic nitrogens is 3. The molecule has 38 heavy (non-hydrogen) atoms. The minimum Gasteiger partial charge on any atom is -0.357 e. The number of aromatic amines is 1. The minimum atomic E-state index is -0.308. The third-order valence-electron chi connectivity index (χ3n) is 7.59. The Morgan fingerprint density at radius 2 is 1.84 bits per heavy atom. The summed E-state index contributed by atoms with van der Waals surface area (Å²) in [7, 11) is 0. The van der Waals surface area contributed by atoms with Crippen molar-refractivity contribution >= 4 is 17.6 Å². The van der Waals surface area contributed by atoms with E-state index in [-0.39, 0.29) is 41.8 Å². The Morgan fingerprint density at radius 3 is 2.50 bits per heavy atom. The van der Waals surface area contributed by atoms with E-state index in [0.29, 0.717) is 44.0 Å². The van der Waals surface area contributed by atoms with Gasteiger partial charge in [-0.15, -0.1) is 0 Å². The van der Waals surface area contributed by atoms with Gasteiger partial charge < -0.3 is 14.8 Å². The number of rotatable bonds is 7. The van der Waals surface area contributed by atoms with Crippen LogP contribution in [0.5, 0.6) is 0 Å². The maximum atomic E-state index is 13.8. The van der Waals surface area contributed by atoms with Crippen molar-refractivity contribution in [3.05, 3.63) is 89.3 Å². The molecule has 2 amide bonds. The summed E-state index contributed by atoms with van der Waals surface area (Å²) in [5.74, 6) is -0.369. The van der Waals surface area contributed by atoms with Crippen LogP contribution >= 0.6 is 0 Å². The molecule has 0 unspecified atom stereocenters. The second kappa shape index (κ2) is 10.8. The monoisotopic (exact) mass is 517 g/mol. The number of allylic oxidation sites excluding steroid dienone is 1. The first-order valence-corrected chi connectivity index (χ1v) is 13.0. The molecule has 2 aromatic heterocycles. The number of nitrogens with one attached hydrogen (secondary N) is 1. The zero-order chi connectivity index (χ0) is 26.8. The topological polar surface area (TPSA) is 91.3 Å². The lowest BCUT2D eigenvalue weighted by molar-refractivity contribution is -0.115. The molecule has 0 radical (unpaired) electrons. The van der Waals surface area contributed by atoms with Gasteiger partial charge in [-0.25, -0.2) is 4.39 Å². The molecule has 1 aromatic carbocycles.